The third-order valence-electron chi connectivity index (χ3n) is 3.09. The lowest BCUT2D eigenvalue weighted by Crippen LogP contribution is -2.51. The van der Waals surface area contributed by atoms with Crippen LogP contribution in [-0.4, -0.2) is 48.3 Å². The molecule has 0 saturated carbocycles. The van der Waals surface area contributed by atoms with E-state index in [2.05, 4.69) is 0 Å². The van der Waals surface area contributed by atoms with Crippen LogP contribution in [0.1, 0.15) is 5.56 Å². The monoisotopic (exact) mass is 250 g/mol. The van der Waals surface area contributed by atoms with Gasteiger partial charge in [0.15, 0.2) is 0 Å². The number of carbonyl (C=O) groups excluding carboxylic acids is 1. The van der Waals surface area contributed by atoms with Gasteiger partial charge >= 0.3 is 0 Å². The number of morpholine rings is 1. The van der Waals surface area contributed by atoms with Crippen molar-refractivity contribution in [3.05, 3.63) is 29.8 Å². The molecule has 1 aromatic carbocycles. The number of nitrogens with two attached hydrogens (primary N) is 1. The maximum atomic E-state index is 12.1. The summed E-state index contributed by atoms with van der Waals surface area (Å²) < 4.78 is 5.25. The third kappa shape index (κ3) is 3.00. The highest BCUT2D eigenvalue weighted by atomic mass is 16.5. The van der Waals surface area contributed by atoms with E-state index in [1.807, 2.05) is 12.1 Å². The topological polar surface area (TPSA) is 75.8 Å². The van der Waals surface area contributed by atoms with Gasteiger partial charge < -0.3 is 20.5 Å². The predicted octanol–water partition coefficient (Wildman–Crippen LogP) is 0.0310. The van der Waals surface area contributed by atoms with Crippen LogP contribution in [0.15, 0.2) is 24.3 Å². The molecular formula is C13H18N2O3. The molecule has 0 spiro atoms. The van der Waals surface area contributed by atoms with Crippen molar-refractivity contribution in [2.75, 3.05) is 32.1 Å². The van der Waals surface area contributed by atoms with Crippen molar-refractivity contribution in [2.24, 2.45) is 0 Å². The van der Waals surface area contributed by atoms with Gasteiger partial charge in [0.2, 0.25) is 5.91 Å². The summed E-state index contributed by atoms with van der Waals surface area (Å²) in [6.45, 7) is 1.42. The Hall–Kier alpha value is -1.59. The zero-order valence-corrected chi connectivity index (χ0v) is 10.2. The predicted molar refractivity (Wildman–Crippen MR) is 68.0 cm³/mol. The van der Waals surface area contributed by atoms with Gasteiger partial charge in [-0.15, -0.1) is 0 Å². The maximum absolute atomic E-state index is 12.1. The van der Waals surface area contributed by atoms with Crippen molar-refractivity contribution in [1.82, 2.24) is 4.90 Å². The molecule has 0 aliphatic carbocycles. The van der Waals surface area contributed by atoms with Gasteiger partial charge in [-0.25, -0.2) is 0 Å². The van der Waals surface area contributed by atoms with Gasteiger partial charge in [0.1, 0.15) is 0 Å². The van der Waals surface area contributed by atoms with Gasteiger partial charge in [0.25, 0.3) is 0 Å². The largest absolute Gasteiger partial charge is 0.399 e. The number of rotatable bonds is 3. The summed E-state index contributed by atoms with van der Waals surface area (Å²) in [5.74, 6) is 0.0159. The van der Waals surface area contributed by atoms with Gasteiger partial charge in [-0.05, 0) is 17.7 Å². The molecule has 0 bridgehead atoms. The third-order valence-corrected chi connectivity index (χ3v) is 3.09. The van der Waals surface area contributed by atoms with E-state index < -0.39 is 0 Å². The van der Waals surface area contributed by atoms with Gasteiger partial charge in [0, 0.05) is 12.2 Å². The Labute approximate surface area is 106 Å². The fraction of sp³-hybridized carbons (Fsp3) is 0.462. The number of anilines is 1. The maximum Gasteiger partial charge on any atom is 0.227 e. The van der Waals surface area contributed by atoms with Gasteiger partial charge in [-0.2, -0.15) is 0 Å². The van der Waals surface area contributed by atoms with Crippen molar-refractivity contribution in [1.29, 1.82) is 0 Å². The molecule has 0 aromatic heterocycles. The minimum Gasteiger partial charge on any atom is -0.399 e. The lowest BCUT2D eigenvalue weighted by molar-refractivity contribution is -0.140. The number of nitrogens with zero attached hydrogens (tertiary/aromatic N) is 1. The van der Waals surface area contributed by atoms with Crippen molar-refractivity contribution >= 4 is 11.6 Å². The first-order valence-electron chi connectivity index (χ1n) is 6.03. The second-order valence-electron chi connectivity index (χ2n) is 4.42. The summed E-state index contributed by atoms with van der Waals surface area (Å²) in [5.41, 5.74) is 7.21. The number of hydrogen-bond donors (Lipinski definition) is 2. The van der Waals surface area contributed by atoms with E-state index in [1.54, 1.807) is 17.0 Å². The fourth-order valence-electron chi connectivity index (χ4n) is 2.05. The fourth-order valence-corrected chi connectivity index (χ4v) is 2.05. The van der Waals surface area contributed by atoms with Crippen molar-refractivity contribution in [2.45, 2.75) is 12.5 Å². The molecule has 1 atom stereocenters. The lowest BCUT2D eigenvalue weighted by atomic mass is 10.1. The second kappa shape index (κ2) is 5.84. The number of carbonyl (C=O) groups is 1. The summed E-state index contributed by atoms with van der Waals surface area (Å²) in [6.07, 6.45) is 0.330. The van der Waals surface area contributed by atoms with Crippen LogP contribution in [0.4, 0.5) is 5.69 Å². The Balaban J connectivity index is 2.00. The number of ether oxygens (including phenoxy) is 1. The number of hydrogen-bond acceptors (Lipinski definition) is 4. The molecule has 2 rings (SSSR count). The van der Waals surface area contributed by atoms with E-state index in [0.717, 1.165) is 5.56 Å². The zero-order chi connectivity index (χ0) is 13.0. The Morgan fingerprint density at radius 2 is 2.17 bits per heavy atom. The molecule has 5 nitrogen and oxygen atoms in total. The van der Waals surface area contributed by atoms with Gasteiger partial charge in [-0.3, -0.25) is 4.79 Å². The highest BCUT2D eigenvalue weighted by Crippen LogP contribution is 2.11. The summed E-state index contributed by atoms with van der Waals surface area (Å²) in [6, 6.07) is 7.04. The van der Waals surface area contributed by atoms with E-state index in [9.17, 15) is 9.90 Å². The van der Waals surface area contributed by atoms with Crippen LogP contribution in [-0.2, 0) is 16.0 Å². The van der Waals surface area contributed by atoms with Crippen molar-refractivity contribution in [3.8, 4) is 0 Å². The molecule has 18 heavy (non-hydrogen) atoms. The molecule has 1 fully saturated rings. The molecule has 1 aliphatic rings. The molecule has 1 aromatic rings. The average Bonchev–Trinajstić information content (AvgIpc) is 2.41. The van der Waals surface area contributed by atoms with E-state index in [1.165, 1.54) is 0 Å². The molecule has 1 saturated heterocycles. The Morgan fingerprint density at radius 1 is 1.44 bits per heavy atom. The first kappa shape index (κ1) is 12.9. The van der Waals surface area contributed by atoms with Crippen LogP contribution >= 0.6 is 0 Å². The summed E-state index contributed by atoms with van der Waals surface area (Å²) in [5, 5.41) is 9.22. The second-order valence-corrected chi connectivity index (χ2v) is 4.42. The number of benzene rings is 1. The zero-order valence-electron chi connectivity index (χ0n) is 10.2. The number of aliphatic hydroxyl groups is 1. The van der Waals surface area contributed by atoms with Crippen LogP contribution in [0, 0.1) is 0 Å². The number of aliphatic hydroxyl groups excluding tert-OH is 1. The van der Waals surface area contributed by atoms with E-state index in [4.69, 9.17) is 10.5 Å². The molecule has 1 unspecified atom stereocenters. The SMILES string of the molecule is Nc1ccc(CC(=O)N2CCOCC2CO)cc1. The summed E-state index contributed by atoms with van der Waals surface area (Å²) >= 11 is 0. The minimum absolute atomic E-state index is 0.0159. The van der Waals surface area contributed by atoms with E-state index in [0.29, 0.717) is 31.9 Å². The van der Waals surface area contributed by atoms with Crippen LogP contribution < -0.4 is 5.73 Å². The first-order valence-corrected chi connectivity index (χ1v) is 6.03. The van der Waals surface area contributed by atoms with Crippen molar-refractivity contribution in [3.63, 3.8) is 0 Å². The van der Waals surface area contributed by atoms with Crippen LogP contribution in [0.25, 0.3) is 0 Å². The van der Waals surface area contributed by atoms with E-state index >= 15 is 0 Å². The van der Waals surface area contributed by atoms with E-state index in [-0.39, 0.29) is 18.6 Å². The Kier molecular flexibility index (Phi) is 4.17. The molecule has 1 aliphatic heterocycles. The molecule has 0 radical (unpaired) electrons. The van der Waals surface area contributed by atoms with Crippen LogP contribution in [0.2, 0.25) is 0 Å². The quantitative estimate of drug-likeness (QED) is 0.742. The Bertz CT molecular complexity index is 405. The minimum atomic E-state index is -0.222. The molecule has 3 N–H and O–H groups in total. The molecule has 1 amide bonds. The highest BCUT2D eigenvalue weighted by molar-refractivity contribution is 5.79. The number of nitrogen functional groups attached to an aromatic ring is 1. The van der Waals surface area contributed by atoms with Crippen molar-refractivity contribution < 1.29 is 14.6 Å². The number of amides is 1. The van der Waals surface area contributed by atoms with Gasteiger partial charge in [0.05, 0.1) is 32.3 Å². The molecular weight excluding hydrogens is 232 g/mol. The summed E-state index contributed by atoms with van der Waals surface area (Å²) in [7, 11) is 0. The average molecular weight is 250 g/mol. The lowest BCUT2D eigenvalue weighted by Gasteiger charge is -2.34. The molecule has 1 heterocycles. The summed E-state index contributed by atoms with van der Waals surface area (Å²) in [4.78, 5) is 13.8. The van der Waals surface area contributed by atoms with Gasteiger partial charge in [-0.1, -0.05) is 12.1 Å². The first-order chi connectivity index (χ1) is 8.70. The smallest absolute Gasteiger partial charge is 0.227 e. The Morgan fingerprint density at radius 3 is 2.83 bits per heavy atom. The van der Waals surface area contributed by atoms with Crippen LogP contribution in [0.5, 0.6) is 0 Å². The highest BCUT2D eigenvalue weighted by Gasteiger charge is 2.26. The molecule has 5 heteroatoms. The standard InChI is InChI=1S/C13H18N2O3/c14-11-3-1-10(2-4-11)7-13(17)15-5-6-18-9-12(15)8-16/h1-4,12,16H,5-9,14H2. The molecule has 98 valence electrons. The van der Waals surface area contributed by atoms with Crippen LogP contribution in [0.3, 0.4) is 0 Å². The normalized spacial score (nSPS) is 19.8.